The van der Waals surface area contributed by atoms with Crippen LogP contribution in [-0.2, 0) is 4.79 Å². The van der Waals surface area contributed by atoms with Crippen molar-refractivity contribution in [2.45, 2.75) is 38.8 Å². The molecule has 3 amide bonds. The summed E-state index contributed by atoms with van der Waals surface area (Å²) in [4.78, 5) is 27.1. The van der Waals surface area contributed by atoms with Crippen LogP contribution in [-0.4, -0.2) is 66.5 Å². The minimum absolute atomic E-state index is 0.0957. The van der Waals surface area contributed by atoms with Crippen molar-refractivity contribution in [3.8, 4) is 0 Å². The summed E-state index contributed by atoms with van der Waals surface area (Å²) in [6.07, 6.45) is 2.38. The third-order valence-electron chi connectivity index (χ3n) is 3.84. The predicted molar refractivity (Wildman–Crippen MR) is 72.8 cm³/mol. The first-order valence-electron chi connectivity index (χ1n) is 7.13. The lowest BCUT2D eigenvalue weighted by atomic mass is 10.2. The summed E-state index contributed by atoms with van der Waals surface area (Å²) in [5.74, 6) is -0.0957. The molecule has 6 heteroatoms. The van der Waals surface area contributed by atoms with Gasteiger partial charge < -0.3 is 10.6 Å². The van der Waals surface area contributed by atoms with Crippen LogP contribution in [0, 0.1) is 0 Å². The van der Waals surface area contributed by atoms with Crippen molar-refractivity contribution in [1.29, 1.82) is 0 Å². The zero-order valence-corrected chi connectivity index (χ0v) is 11.8. The Balaban J connectivity index is 1.88. The molecule has 0 aromatic rings. The Morgan fingerprint density at radius 2 is 2.26 bits per heavy atom. The summed E-state index contributed by atoms with van der Waals surface area (Å²) in [5, 5.41) is 6.11. The molecule has 0 saturated carbocycles. The van der Waals surface area contributed by atoms with E-state index in [0.717, 1.165) is 13.1 Å². The minimum atomic E-state index is -0.257. The second-order valence-electron chi connectivity index (χ2n) is 5.59. The Morgan fingerprint density at radius 3 is 2.79 bits per heavy atom. The summed E-state index contributed by atoms with van der Waals surface area (Å²) in [6, 6.07) is 0.521. The quantitative estimate of drug-likeness (QED) is 0.737. The molecule has 0 aromatic heterocycles. The molecule has 1 unspecified atom stereocenters. The van der Waals surface area contributed by atoms with Crippen molar-refractivity contribution >= 4 is 11.9 Å². The lowest BCUT2D eigenvalue weighted by Crippen LogP contribution is -2.48. The Morgan fingerprint density at radius 1 is 1.47 bits per heavy atom. The summed E-state index contributed by atoms with van der Waals surface area (Å²) in [6.45, 7) is 7.50. The minimum Gasteiger partial charge on any atom is -0.336 e. The first kappa shape index (κ1) is 14.3. The fraction of sp³-hybridized carbons (Fsp3) is 0.846. The second kappa shape index (κ2) is 6.34. The number of carbonyl (C=O) groups is 2. The van der Waals surface area contributed by atoms with E-state index in [9.17, 15) is 9.59 Å². The van der Waals surface area contributed by atoms with Gasteiger partial charge in [-0.05, 0) is 33.2 Å². The van der Waals surface area contributed by atoms with Crippen molar-refractivity contribution < 1.29 is 9.59 Å². The maximum Gasteiger partial charge on any atom is 0.324 e. The molecule has 0 aliphatic carbocycles. The highest BCUT2D eigenvalue weighted by molar-refractivity contribution is 5.96. The molecule has 2 fully saturated rings. The zero-order valence-electron chi connectivity index (χ0n) is 11.8. The van der Waals surface area contributed by atoms with Crippen LogP contribution in [0.3, 0.4) is 0 Å². The highest BCUT2D eigenvalue weighted by Crippen LogP contribution is 2.10. The maximum atomic E-state index is 12.1. The first-order chi connectivity index (χ1) is 9.08. The van der Waals surface area contributed by atoms with Gasteiger partial charge in [0.1, 0.15) is 0 Å². The van der Waals surface area contributed by atoms with E-state index in [2.05, 4.69) is 29.4 Å². The molecule has 0 spiro atoms. The average molecular weight is 268 g/mol. The first-order valence-corrected chi connectivity index (χ1v) is 7.13. The molecule has 2 aliphatic heterocycles. The Bertz CT molecular complexity index is 340. The average Bonchev–Trinajstić information content (AvgIpc) is 2.99. The van der Waals surface area contributed by atoms with Gasteiger partial charge in [0.25, 0.3) is 0 Å². The Hall–Kier alpha value is -1.14. The number of hydrogen-bond donors (Lipinski definition) is 2. The molecule has 2 saturated heterocycles. The lowest BCUT2D eigenvalue weighted by molar-refractivity contribution is -0.129. The number of urea groups is 1. The van der Waals surface area contributed by atoms with E-state index in [1.54, 1.807) is 0 Å². The van der Waals surface area contributed by atoms with Crippen LogP contribution in [0.1, 0.15) is 26.7 Å². The predicted octanol–water partition coefficient (Wildman–Crippen LogP) is 0.000600. The van der Waals surface area contributed by atoms with Crippen molar-refractivity contribution in [1.82, 2.24) is 20.4 Å². The molecule has 1 atom stereocenters. The van der Waals surface area contributed by atoms with Crippen molar-refractivity contribution in [3.05, 3.63) is 0 Å². The van der Waals surface area contributed by atoms with Gasteiger partial charge in [-0.2, -0.15) is 0 Å². The number of nitrogens with one attached hydrogen (secondary N) is 2. The molecule has 19 heavy (non-hydrogen) atoms. The van der Waals surface area contributed by atoms with Crippen LogP contribution in [0.2, 0.25) is 0 Å². The molecular weight excluding hydrogens is 244 g/mol. The van der Waals surface area contributed by atoms with Gasteiger partial charge in [0, 0.05) is 31.7 Å². The number of rotatable bonds is 5. The Kier molecular flexibility index (Phi) is 4.76. The summed E-state index contributed by atoms with van der Waals surface area (Å²) >= 11 is 0. The molecule has 108 valence electrons. The van der Waals surface area contributed by atoms with Crippen molar-refractivity contribution in [2.75, 3.05) is 32.7 Å². The van der Waals surface area contributed by atoms with Crippen molar-refractivity contribution in [3.63, 3.8) is 0 Å². The number of carbonyl (C=O) groups excluding carboxylic acids is 2. The number of nitrogens with zero attached hydrogens (tertiary/aromatic N) is 2. The van der Waals surface area contributed by atoms with Gasteiger partial charge in [-0.3, -0.25) is 14.6 Å². The fourth-order valence-corrected chi connectivity index (χ4v) is 2.62. The van der Waals surface area contributed by atoms with Gasteiger partial charge in [0.15, 0.2) is 0 Å². The molecular formula is C13H24N4O2. The lowest BCUT2D eigenvalue weighted by Gasteiger charge is -2.29. The molecule has 0 bridgehead atoms. The molecule has 2 rings (SSSR count). The highest BCUT2D eigenvalue weighted by atomic mass is 16.2. The molecule has 0 radical (unpaired) electrons. The number of imide groups is 1. The SMILES string of the molecule is CC(C)N(CC(=O)N1CCNC1=O)CC1CCCN1. The van der Waals surface area contributed by atoms with E-state index in [-0.39, 0.29) is 11.9 Å². The van der Waals surface area contributed by atoms with E-state index in [4.69, 9.17) is 0 Å². The van der Waals surface area contributed by atoms with E-state index in [1.807, 2.05) is 0 Å². The zero-order chi connectivity index (χ0) is 13.8. The van der Waals surface area contributed by atoms with Gasteiger partial charge >= 0.3 is 6.03 Å². The summed E-state index contributed by atoms with van der Waals surface area (Å²) in [5.41, 5.74) is 0. The van der Waals surface area contributed by atoms with Gasteiger partial charge in [-0.15, -0.1) is 0 Å². The van der Waals surface area contributed by atoms with Crippen LogP contribution in [0.15, 0.2) is 0 Å². The third-order valence-corrected chi connectivity index (χ3v) is 3.84. The monoisotopic (exact) mass is 268 g/mol. The molecule has 6 nitrogen and oxygen atoms in total. The van der Waals surface area contributed by atoms with E-state index in [0.29, 0.717) is 31.7 Å². The van der Waals surface area contributed by atoms with E-state index < -0.39 is 0 Å². The van der Waals surface area contributed by atoms with E-state index >= 15 is 0 Å². The largest absolute Gasteiger partial charge is 0.336 e. The van der Waals surface area contributed by atoms with Gasteiger partial charge in [-0.1, -0.05) is 0 Å². The van der Waals surface area contributed by atoms with Crippen LogP contribution < -0.4 is 10.6 Å². The van der Waals surface area contributed by atoms with Crippen LogP contribution in [0.4, 0.5) is 4.79 Å². The van der Waals surface area contributed by atoms with Crippen LogP contribution in [0.5, 0.6) is 0 Å². The normalized spacial score (nSPS) is 23.5. The molecule has 0 aromatic carbocycles. The standard InChI is InChI=1S/C13H24N4O2/c1-10(2)16(8-11-4-3-5-14-11)9-12(18)17-7-6-15-13(17)19/h10-11,14H,3-9H2,1-2H3,(H,15,19). The molecule has 2 N–H and O–H groups in total. The summed E-state index contributed by atoms with van der Waals surface area (Å²) in [7, 11) is 0. The smallest absolute Gasteiger partial charge is 0.324 e. The summed E-state index contributed by atoms with van der Waals surface area (Å²) < 4.78 is 0. The molecule has 2 aliphatic rings. The number of amides is 3. The van der Waals surface area contributed by atoms with Crippen LogP contribution in [0.25, 0.3) is 0 Å². The van der Waals surface area contributed by atoms with Crippen molar-refractivity contribution in [2.24, 2.45) is 0 Å². The Labute approximate surface area is 114 Å². The van der Waals surface area contributed by atoms with Gasteiger partial charge in [0.05, 0.1) is 6.54 Å². The molecule has 2 heterocycles. The second-order valence-corrected chi connectivity index (χ2v) is 5.59. The maximum absolute atomic E-state index is 12.1. The van der Waals surface area contributed by atoms with E-state index in [1.165, 1.54) is 17.7 Å². The number of hydrogen-bond acceptors (Lipinski definition) is 4. The highest BCUT2D eigenvalue weighted by Gasteiger charge is 2.29. The van der Waals surface area contributed by atoms with Gasteiger partial charge in [0.2, 0.25) is 5.91 Å². The van der Waals surface area contributed by atoms with Crippen LogP contribution >= 0.6 is 0 Å². The topological polar surface area (TPSA) is 64.7 Å². The third kappa shape index (κ3) is 3.67. The van der Waals surface area contributed by atoms with Gasteiger partial charge in [-0.25, -0.2) is 4.79 Å². The fourth-order valence-electron chi connectivity index (χ4n) is 2.62.